The zero-order valence-corrected chi connectivity index (χ0v) is 10.4. The standard InChI is InChI=1S/C13H23N3/c1-11-3-5-12(6-4-11)9-16-10-15-8-13(16)7-14-2/h8,10-12,14H,3-7,9H2,1-2H3. The van der Waals surface area contributed by atoms with Crippen LogP contribution in [0.25, 0.3) is 0 Å². The number of hydrogen-bond donors (Lipinski definition) is 1. The monoisotopic (exact) mass is 221 g/mol. The molecule has 3 nitrogen and oxygen atoms in total. The Bertz CT molecular complexity index is 311. The average Bonchev–Trinajstić information content (AvgIpc) is 2.70. The van der Waals surface area contributed by atoms with Crippen LogP contribution in [0.5, 0.6) is 0 Å². The molecule has 0 aromatic carbocycles. The van der Waals surface area contributed by atoms with Crippen molar-refractivity contribution in [3.05, 3.63) is 18.2 Å². The van der Waals surface area contributed by atoms with E-state index in [2.05, 4.69) is 21.8 Å². The van der Waals surface area contributed by atoms with Crippen molar-refractivity contribution in [3.8, 4) is 0 Å². The van der Waals surface area contributed by atoms with E-state index in [4.69, 9.17) is 0 Å². The van der Waals surface area contributed by atoms with E-state index in [1.54, 1.807) is 0 Å². The Balaban J connectivity index is 1.90. The van der Waals surface area contributed by atoms with E-state index in [9.17, 15) is 0 Å². The zero-order valence-electron chi connectivity index (χ0n) is 10.4. The Hall–Kier alpha value is -0.830. The van der Waals surface area contributed by atoms with Crippen LogP contribution in [0.3, 0.4) is 0 Å². The second-order valence-electron chi connectivity index (χ2n) is 5.19. The van der Waals surface area contributed by atoms with Crippen LogP contribution in [0.1, 0.15) is 38.3 Å². The highest BCUT2D eigenvalue weighted by Gasteiger charge is 2.19. The molecule has 1 N–H and O–H groups in total. The molecule has 1 aliphatic rings. The largest absolute Gasteiger partial charge is 0.333 e. The summed E-state index contributed by atoms with van der Waals surface area (Å²) in [4.78, 5) is 4.24. The van der Waals surface area contributed by atoms with Crippen LogP contribution in [0.4, 0.5) is 0 Å². The third-order valence-corrected chi connectivity index (χ3v) is 3.75. The molecule has 1 aromatic rings. The first kappa shape index (κ1) is 11.6. The molecule has 1 heterocycles. The van der Waals surface area contributed by atoms with E-state index in [-0.39, 0.29) is 0 Å². The van der Waals surface area contributed by atoms with Crippen molar-refractivity contribution in [2.24, 2.45) is 11.8 Å². The van der Waals surface area contributed by atoms with Gasteiger partial charge in [-0.1, -0.05) is 19.8 Å². The topological polar surface area (TPSA) is 29.9 Å². The third kappa shape index (κ3) is 2.85. The molecule has 1 aliphatic carbocycles. The lowest BCUT2D eigenvalue weighted by Gasteiger charge is -2.26. The molecule has 0 unspecified atom stereocenters. The first-order chi connectivity index (χ1) is 7.79. The molecule has 0 saturated heterocycles. The first-order valence-electron chi connectivity index (χ1n) is 6.43. The quantitative estimate of drug-likeness (QED) is 0.846. The fourth-order valence-electron chi connectivity index (χ4n) is 2.63. The Labute approximate surface area is 98.3 Å². The van der Waals surface area contributed by atoms with Gasteiger partial charge in [0.1, 0.15) is 0 Å². The summed E-state index contributed by atoms with van der Waals surface area (Å²) in [6.07, 6.45) is 9.53. The molecule has 0 spiro atoms. The van der Waals surface area contributed by atoms with Gasteiger partial charge in [0.25, 0.3) is 0 Å². The summed E-state index contributed by atoms with van der Waals surface area (Å²) in [5, 5.41) is 3.19. The molecule has 0 atom stereocenters. The van der Waals surface area contributed by atoms with Gasteiger partial charge in [0.05, 0.1) is 12.0 Å². The van der Waals surface area contributed by atoms with Crippen molar-refractivity contribution in [3.63, 3.8) is 0 Å². The van der Waals surface area contributed by atoms with E-state index in [1.807, 2.05) is 19.6 Å². The summed E-state index contributed by atoms with van der Waals surface area (Å²) in [6.45, 7) is 4.45. The minimum Gasteiger partial charge on any atom is -0.333 e. The summed E-state index contributed by atoms with van der Waals surface area (Å²) in [5.74, 6) is 1.80. The molecule has 0 amide bonds. The van der Waals surface area contributed by atoms with Crippen LogP contribution in [-0.2, 0) is 13.1 Å². The summed E-state index contributed by atoms with van der Waals surface area (Å²) < 4.78 is 2.32. The van der Waals surface area contributed by atoms with Gasteiger partial charge in [0.15, 0.2) is 0 Å². The van der Waals surface area contributed by atoms with Gasteiger partial charge in [-0.3, -0.25) is 0 Å². The lowest BCUT2D eigenvalue weighted by Crippen LogP contribution is -2.19. The van der Waals surface area contributed by atoms with E-state index < -0.39 is 0 Å². The third-order valence-electron chi connectivity index (χ3n) is 3.75. The Morgan fingerprint density at radius 1 is 1.38 bits per heavy atom. The molecule has 16 heavy (non-hydrogen) atoms. The molecule has 3 heteroatoms. The molecular formula is C13H23N3. The Kier molecular flexibility index (Phi) is 3.99. The van der Waals surface area contributed by atoms with E-state index in [0.29, 0.717) is 0 Å². The maximum absolute atomic E-state index is 4.24. The number of nitrogens with zero attached hydrogens (tertiary/aromatic N) is 2. The number of rotatable bonds is 4. The van der Waals surface area contributed by atoms with Crippen LogP contribution >= 0.6 is 0 Å². The fourth-order valence-corrected chi connectivity index (χ4v) is 2.63. The Morgan fingerprint density at radius 2 is 2.12 bits per heavy atom. The highest BCUT2D eigenvalue weighted by Crippen LogP contribution is 2.29. The zero-order chi connectivity index (χ0) is 11.4. The molecule has 0 aliphatic heterocycles. The van der Waals surface area contributed by atoms with Gasteiger partial charge in [0.2, 0.25) is 0 Å². The summed E-state index contributed by atoms with van der Waals surface area (Å²) in [6, 6.07) is 0. The number of imidazole rings is 1. The average molecular weight is 221 g/mol. The Morgan fingerprint density at radius 3 is 2.81 bits per heavy atom. The van der Waals surface area contributed by atoms with Crippen LogP contribution in [0.2, 0.25) is 0 Å². The lowest BCUT2D eigenvalue weighted by molar-refractivity contribution is 0.263. The van der Waals surface area contributed by atoms with Crippen molar-refractivity contribution in [2.75, 3.05) is 7.05 Å². The highest BCUT2D eigenvalue weighted by atomic mass is 15.1. The van der Waals surface area contributed by atoms with E-state index >= 15 is 0 Å². The summed E-state index contributed by atoms with van der Waals surface area (Å²) >= 11 is 0. The van der Waals surface area contributed by atoms with Gasteiger partial charge in [0, 0.05) is 19.3 Å². The SMILES string of the molecule is CNCc1cncn1CC1CCC(C)CC1. The predicted molar refractivity (Wildman–Crippen MR) is 66.1 cm³/mol. The molecule has 90 valence electrons. The molecule has 1 aromatic heterocycles. The van der Waals surface area contributed by atoms with Gasteiger partial charge in [-0.2, -0.15) is 0 Å². The van der Waals surface area contributed by atoms with Crippen LogP contribution < -0.4 is 5.32 Å². The number of aromatic nitrogens is 2. The van der Waals surface area contributed by atoms with Crippen molar-refractivity contribution < 1.29 is 0 Å². The van der Waals surface area contributed by atoms with E-state index in [1.165, 1.54) is 31.4 Å². The molecule has 1 saturated carbocycles. The maximum atomic E-state index is 4.24. The van der Waals surface area contributed by atoms with Crippen molar-refractivity contribution in [1.82, 2.24) is 14.9 Å². The fraction of sp³-hybridized carbons (Fsp3) is 0.769. The van der Waals surface area contributed by atoms with Gasteiger partial charge in [-0.05, 0) is 31.7 Å². The maximum Gasteiger partial charge on any atom is 0.0948 e. The second-order valence-corrected chi connectivity index (χ2v) is 5.19. The second kappa shape index (κ2) is 5.48. The molecular weight excluding hydrogens is 198 g/mol. The minimum absolute atomic E-state index is 0.862. The lowest BCUT2D eigenvalue weighted by atomic mass is 9.83. The van der Waals surface area contributed by atoms with Crippen molar-refractivity contribution >= 4 is 0 Å². The van der Waals surface area contributed by atoms with E-state index in [0.717, 1.165) is 24.9 Å². The molecule has 0 bridgehead atoms. The van der Waals surface area contributed by atoms with Crippen LogP contribution in [0, 0.1) is 11.8 Å². The number of hydrogen-bond acceptors (Lipinski definition) is 2. The van der Waals surface area contributed by atoms with Crippen molar-refractivity contribution in [1.29, 1.82) is 0 Å². The first-order valence-corrected chi connectivity index (χ1v) is 6.43. The normalized spacial score (nSPS) is 25.9. The smallest absolute Gasteiger partial charge is 0.0948 e. The van der Waals surface area contributed by atoms with Gasteiger partial charge >= 0.3 is 0 Å². The summed E-state index contributed by atoms with van der Waals surface area (Å²) in [5.41, 5.74) is 1.31. The molecule has 1 fully saturated rings. The van der Waals surface area contributed by atoms with Crippen LogP contribution in [0.15, 0.2) is 12.5 Å². The van der Waals surface area contributed by atoms with Gasteiger partial charge < -0.3 is 9.88 Å². The molecule has 2 rings (SSSR count). The van der Waals surface area contributed by atoms with Crippen LogP contribution in [-0.4, -0.2) is 16.6 Å². The highest BCUT2D eigenvalue weighted by molar-refractivity contribution is 4.98. The van der Waals surface area contributed by atoms with Gasteiger partial charge in [-0.25, -0.2) is 4.98 Å². The minimum atomic E-state index is 0.862. The predicted octanol–water partition coefficient (Wildman–Crippen LogP) is 2.43. The summed E-state index contributed by atoms with van der Waals surface area (Å²) in [7, 11) is 1.99. The van der Waals surface area contributed by atoms with Gasteiger partial charge in [-0.15, -0.1) is 0 Å². The molecule has 0 radical (unpaired) electrons. The number of nitrogens with one attached hydrogen (secondary N) is 1. The van der Waals surface area contributed by atoms with Crippen molar-refractivity contribution in [2.45, 2.75) is 45.7 Å².